The zero-order chi connectivity index (χ0) is 12.8. The molecule has 1 aromatic rings. The molecule has 2 unspecified atom stereocenters. The number of hydrogen-bond donors (Lipinski definition) is 1. The molecule has 1 aliphatic carbocycles. The van der Waals surface area contributed by atoms with Crippen molar-refractivity contribution in [3.05, 3.63) is 33.8 Å². The fraction of sp³-hybridized carbons (Fsp3) is 0.571. The Morgan fingerprint density at radius 1 is 1.33 bits per heavy atom. The molecule has 0 bridgehead atoms. The second-order valence-corrected chi connectivity index (χ2v) is 6.37. The van der Waals surface area contributed by atoms with Gasteiger partial charge in [-0.1, -0.05) is 29.3 Å². The summed E-state index contributed by atoms with van der Waals surface area (Å²) in [4.78, 5) is 0. The number of nitrogens with two attached hydrogens (primary N) is 1. The van der Waals surface area contributed by atoms with Crippen molar-refractivity contribution >= 4 is 23.2 Å². The molecule has 2 nitrogen and oxygen atoms in total. The lowest BCUT2D eigenvalue weighted by Gasteiger charge is -2.30. The van der Waals surface area contributed by atoms with Crippen LogP contribution in [0, 0.1) is 5.92 Å². The van der Waals surface area contributed by atoms with Crippen LogP contribution in [-0.4, -0.2) is 18.2 Å². The number of halogens is 2. The van der Waals surface area contributed by atoms with E-state index < -0.39 is 0 Å². The highest BCUT2D eigenvalue weighted by molar-refractivity contribution is 6.35. The molecule has 0 amide bonds. The molecule has 2 atom stereocenters. The molecule has 0 aromatic heterocycles. The Labute approximate surface area is 117 Å². The summed E-state index contributed by atoms with van der Waals surface area (Å²) in [7, 11) is 0. The smallest absolute Gasteiger partial charge is 0.0786 e. The molecule has 18 heavy (non-hydrogen) atoms. The normalized spacial score (nSPS) is 31.8. The highest BCUT2D eigenvalue weighted by atomic mass is 35.5. The van der Waals surface area contributed by atoms with E-state index >= 15 is 0 Å². The highest BCUT2D eigenvalue weighted by Gasteiger charge is 2.48. The van der Waals surface area contributed by atoms with E-state index in [0.29, 0.717) is 16.0 Å². The monoisotopic (exact) mass is 285 g/mol. The number of benzene rings is 1. The molecule has 98 valence electrons. The number of ether oxygens (including phenoxy) is 1. The van der Waals surface area contributed by atoms with Crippen molar-refractivity contribution < 1.29 is 4.74 Å². The van der Waals surface area contributed by atoms with Crippen molar-refractivity contribution in [1.29, 1.82) is 0 Å². The maximum absolute atomic E-state index is 6.57. The van der Waals surface area contributed by atoms with Crippen molar-refractivity contribution in [2.75, 3.05) is 6.61 Å². The van der Waals surface area contributed by atoms with E-state index in [1.807, 2.05) is 12.1 Å². The van der Waals surface area contributed by atoms with Gasteiger partial charge in [-0.25, -0.2) is 0 Å². The number of rotatable bonds is 3. The van der Waals surface area contributed by atoms with Gasteiger partial charge in [0.2, 0.25) is 0 Å². The van der Waals surface area contributed by atoms with E-state index in [-0.39, 0.29) is 11.6 Å². The first-order valence-corrected chi connectivity index (χ1v) is 7.18. The molecule has 1 aliphatic heterocycles. The maximum atomic E-state index is 6.57. The van der Waals surface area contributed by atoms with Crippen LogP contribution in [0.5, 0.6) is 0 Å². The summed E-state index contributed by atoms with van der Waals surface area (Å²) in [5, 5.41) is 1.37. The second-order valence-electron chi connectivity index (χ2n) is 5.52. The van der Waals surface area contributed by atoms with Gasteiger partial charge in [-0.05, 0) is 49.3 Å². The van der Waals surface area contributed by atoms with Gasteiger partial charge in [0.15, 0.2) is 0 Å². The largest absolute Gasteiger partial charge is 0.376 e. The van der Waals surface area contributed by atoms with E-state index in [9.17, 15) is 0 Å². The highest BCUT2D eigenvalue weighted by Crippen LogP contribution is 2.44. The fourth-order valence-corrected chi connectivity index (χ4v) is 3.37. The van der Waals surface area contributed by atoms with Crippen molar-refractivity contribution in [2.45, 2.75) is 37.3 Å². The molecule has 2 N–H and O–H groups in total. The van der Waals surface area contributed by atoms with E-state index in [1.165, 1.54) is 12.8 Å². The van der Waals surface area contributed by atoms with Crippen LogP contribution >= 0.6 is 23.2 Å². The lowest BCUT2D eigenvalue weighted by atomic mass is 9.83. The molecule has 3 rings (SSSR count). The molecular formula is C14H17Cl2NO. The van der Waals surface area contributed by atoms with Gasteiger partial charge in [0, 0.05) is 22.2 Å². The van der Waals surface area contributed by atoms with Crippen LogP contribution in [-0.2, 0) is 11.2 Å². The Hall–Kier alpha value is -0.280. The van der Waals surface area contributed by atoms with E-state index in [0.717, 1.165) is 25.0 Å². The average molecular weight is 286 g/mol. The first kappa shape index (κ1) is 12.7. The van der Waals surface area contributed by atoms with E-state index in [2.05, 4.69) is 0 Å². The zero-order valence-corrected chi connectivity index (χ0v) is 11.7. The van der Waals surface area contributed by atoms with Crippen molar-refractivity contribution in [3.63, 3.8) is 0 Å². The van der Waals surface area contributed by atoms with E-state index in [4.69, 9.17) is 33.7 Å². The minimum absolute atomic E-state index is 0.198. The first-order valence-electron chi connectivity index (χ1n) is 6.43. The van der Waals surface area contributed by atoms with Gasteiger partial charge in [0.1, 0.15) is 0 Å². The summed E-state index contributed by atoms with van der Waals surface area (Å²) in [5.41, 5.74) is 7.37. The van der Waals surface area contributed by atoms with Crippen molar-refractivity contribution in [2.24, 2.45) is 11.7 Å². The fourth-order valence-electron chi connectivity index (χ4n) is 2.90. The Bertz CT molecular complexity index is 461. The van der Waals surface area contributed by atoms with Crippen molar-refractivity contribution in [3.8, 4) is 0 Å². The molecule has 0 spiro atoms. The first-order chi connectivity index (χ1) is 8.58. The average Bonchev–Trinajstić information content (AvgIpc) is 3.07. The molecule has 4 heteroatoms. The van der Waals surface area contributed by atoms with Crippen LogP contribution in [0.15, 0.2) is 18.2 Å². The third-order valence-electron chi connectivity index (χ3n) is 4.02. The predicted molar refractivity (Wildman–Crippen MR) is 74.2 cm³/mol. The Morgan fingerprint density at radius 3 is 2.78 bits per heavy atom. The molecule has 1 aromatic carbocycles. The van der Waals surface area contributed by atoms with Gasteiger partial charge in [-0.3, -0.25) is 0 Å². The van der Waals surface area contributed by atoms with Gasteiger partial charge in [-0.2, -0.15) is 0 Å². The van der Waals surface area contributed by atoms with Gasteiger partial charge in [0.05, 0.1) is 6.10 Å². The van der Waals surface area contributed by atoms with Crippen LogP contribution < -0.4 is 5.73 Å². The molecule has 1 saturated heterocycles. The van der Waals surface area contributed by atoms with Gasteiger partial charge in [-0.15, -0.1) is 0 Å². The lowest BCUT2D eigenvalue weighted by Crippen LogP contribution is -2.50. The standard InChI is InChI=1S/C14H17Cl2NO/c15-11-4-3-10(12(16)7-11)8-14(17)5-6-18-13(14)9-1-2-9/h3-4,7,9,13H,1-2,5-6,8,17H2. The summed E-state index contributed by atoms with van der Waals surface area (Å²) >= 11 is 12.1. The van der Waals surface area contributed by atoms with E-state index in [1.54, 1.807) is 6.07 Å². The molecular weight excluding hydrogens is 269 g/mol. The van der Waals surface area contributed by atoms with Gasteiger partial charge >= 0.3 is 0 Å². The summed E-state index contributed by atoms with van der Waals surface area (Å²) in [6, 6.07) is 5.62. The summed E-state index contributed by atoms with van der Waals surface area (Å²) in [6.07, 6.45) is 4.37. The van der Waals surface area contributed by atoms with Crippen LogP contribution in [0.4, 0.5) is 0 Å². The Balaban J connectivity index is 1.81. The topological polar surface area (TPSA) is 35.2 Å². The Kier molecular flexibility index (Phi) is 3.31. The van der Waals surface area contributed by atoms with Gasteiger partial charge in [0.25, 0.3) is 0 Å². The summed E-state index contributed by atoms with van der Waals surface area (Å²) in [5.74, 6) is 0.656. The summed E-state index contributed by atoms with van der Waals surface area (Å²) < 4.78 is 5.83. The Morgan fingerprint density at radius 2 is 2.11 bits per heavy atom. The van der Waals surface area contributed by atoms with Crippen molar-refractivity contribution in [1.82, 2.24) is 0 Å². The summed E-state index contributed by atoms with van der Waals surface area (Å²) in [6.45, 7) is 0.767. The second kappa shape index (κ2) is 4.68. The SMILES string of the molecule is NC1(Cc2ccc(Cl)cc2Cl)CCOC1C1CC1. The maximum Gasteiger partial charge on any atom is 0.0786 e. The van der Waals surface area contributed by atoms with Crippen LogP contribution in [0.3, 0.4) is 0 Å². The number of hydrogen-bond acceptors (Lipinski definition) is 2. The van der Waals surface area contributed by atoms with Gasteiger partial charge < -0.3 is 10.5 Å². The third kappa shape index (κ3) is 2.39. The van der Waals surface area contributed by atoms with Crippen LogP contribution in [0.25, 0.3) is 0 Å². The minimum atomic E-state index is -0.265. The molecule has 2 fully saturated rings. The minimum Gasteiger partial charge on any atom is -0.376 e. The zero-order valence-electron chi connectivity index (χ0n) is 10.2. The quantitative estimate of drug-likeness (QED) is 0.924. The van der Waals surface area contributed by atoms with Crippen LogP contribution in [0.1, 0.15) is 24.8 Å². The molecule has 2 aliphatic rings. The molecule has 1 saturated carbocycles. The predicted octanol–water partition coefficient (Wildman–Crippen LogP) is 3.43. The lowest BCUT2D eigenvalue weighted by molar-refractivity contribution is 0.0627. The molecule has 1 heterocycles. The third-order valence-corrected chi connectivity index (χ3v) is 4.60. The molecule has 0 radical (unpaired) electrons. The van der Waals surface area contributed by atoms with Crippen LogP contribution in [0.2, 0.25) is 10.0 Å².